The molecule has 86 valence electrons. The molecule has 0 amide bonds. The van der Waals surface area contributed by atoms with E-state index in [0.29, 0.717) is 18.8 Å². The zero-order valence-electron chi connectivity index (χ0n) is 9.06. The van der Waals surface area contributed by atoms with E-state index in [0.717, 1.165) is 0 Å². The molecular weight excluding hydrogens is 202 g/mol. The first-order valence-corrected chi connectivity index (χ1v) is 5.23. The SMILES string of the molecule is CCOC(=O)C(F)(F)C1=CCC(C)CC1. The van der Waals surface area contributed by atoms with Crippen LogP contribution in [0.15, 0.2) is 11.6 Å². The van der Waals surface area contributed by atoms with Gasteiger partial charge in [-0.2, -0.15) is 8.78 Å². The number of hydrogen-bond acceptors (Lipinski definition) is 2. The zero-order chi connectivity index (χ0) is 11.5. The first-order valence-electron chi connectivity index (χ1n) is 5.23. The number of ether oxygens (including phenoxy) is 1. The molecule has 0 aromatic rings. The first-order chi connectivity index (χ1) is 6.98. The van der Waals surface area contributed by atoms with Crippen molar-refractivity contribution in [2.24, 2.45) is 5.92 Å². The fourth-order valence-corrected chi connectivity index (χ4v) is 1.60. The number of rotatable bonds is 3. The number of esters is 1. The molecule has 0 bridgehead atoms. The molecule has 0 saturated carbocycles. The number of carbonyl (C=O) groups is 1. The summed E-state index contributed by atoms with van der Waals surface area (Å²) in [6, 6.07) is 0. The molecule has 0 aliphatic heterocycles. The lowest BCUT2D eigenvalue weighted by Crippen LogP contribution is -2.34. The van der Waals surface area contributed by atoms with Crippen LogP contribution >= 0.6 is 0 Å². The Labute approximate surface area is 88.3 Å². The lowest BCUT2D eigenvalue weighted by atomic mass is 9.88. The maximum absolute atomic E-state index is 13.5. The van der Waals surface area contributed by atoms with Gasteiger partial charge in [0.05, 0.1) is 6.61 Å². The third kappa shape index (κ3) is 2.76. The van der Waals surface area contributed by atoms with E-state index in [1.807, 2.05) is 6.92 Å². The predicted octanol–water partition coefficient (Wildman–Crippen LogP) is 2.93. The first kappa shape index (κ1) is 12.1. The standard InChI is InChI=1S/C11H16F2O2/c1-3-15-10(14)11(12,13)9-6-4-8(2)5-7-9/h6,8H,3-5,7H2,1-2H3. The van der Waals surface area contributed by atoms with Crippen LogP contribution in [0, 0.1) is 5.92 Å². The second-order valence-corrected chi connectivity index (χ2v) is 3.90. The van der Waals surface area contributed by atoms with Gasteiger partial charge in [0.15, 0.2) is 0 Å². The molecule has 1 aliphatic rings. The Bertz CT molecular complexity index is 272. The molecule has 0 saturated heterocycles. The van der Waals surface area contributed by atoms with Gasteiger partial charge in [-0.1, -0.05) is 13.0 Å². The Morgan fingerprint density at radius 2 is 2.33 bits per heavy atom. The molecule has 0 spiro atoms. The highest BCUT2D eigenvalue weighted by Crippen LogP contribution is 2.34. The largest absolute Gasteiger partial charge is 0.461 e. The van der Waals surface area contributed by atoms with Crippen molar-refractivity contribution < 1.29 is 18.3 Å². The van der Waals surface area contributed by atoms with Gasteiger partial charge in [0.25, 0.3) is 0 Å². The van der Waals surface area contributed by atoms with Gasteiger partial charge in [-0.05, 0) is 32.1 Å². The molecule has 0 aromatic carbocycles. The molecule has 4 heteroatoms. The molecule has 0 heterocycles. The smallest absolute Gasteiger partial charge is 0.381 e. The maximum atomic E-state index is 13.5. The third-order valence-electron chi connectivity index (χ3n) is 2.61. The van der Waals surface area contributed by atoms with Crippen molar-refractivity contribution in [2.45, 2.75) is 39.0 Å². The van der Waals surface area contributed by atoms with Crippen molar-refractivity contribution in [3.8, 4) is 0 Å². The van der Waals surface area contributed by atoms with Crippen LogP contribution in [0.4, 0.5) is 8.78 Å². The highest BCUT2D eigenvalue weighted by molar-refractivity contribution is 5.81. The van der Waals surface area contributed by atoms with Crippen LogP contribution in [0.5, 0.6) is 0 Å². The van der Waals surface area contributed by atoms with Crippen molar-refractivity contribution in [2.75, 3.05) is 6.61 Å². The topological polar surface area (TPSA) is 26.3 Å². The van der Waals surface area contributed by atoms with Crippen molar-refractivity contribution >= 4 is 5.97 Å². The van der Waals surface area contributed by atoms with Gasteiger partial charge in [-0.15, -0.1) is 0 Å². The summed E-state index contributed by atoms with van der Waals surface area (Å²) in [5, 5.41) is 0. The summed E-state index contributed by atoms with van der Waals surface area (Å²) in [6.45, 7) is 3.51. The normalized spacial score (nSPS) is 22.1. The molecule has 0 aromatic heterocycles. The van der Waals surface area contributed by atoms with Crippen LogP contribution < -0.4 is 0 Å². The van der Waals surface area contributed by atoms with Crippen molar-refractivity contribution in [1.29, 1.82) is 0 Å². The minimum atomic E-state index is -3.43. The minimum Gasteiger partial charge on any atom is -0.461 e. The van der Waals surface area contributed by atoms with Crippen LogP contribution in [-0.4, -0.2) is 18.5 Å². The summed E-state index contributed by atoms with van der Waals surface area (Å²) in [4.78, 5) is 11.0. The van der Waals surface area contributed by atoms with Crippen LogP contribution in [0.25, 0.3) is 0 Å². The Balaban J connectivity index is 2.72. The second-order valence-electron chi connectivity index (χ2n) is 3.90. The third-order valence-corrected chi connectivity index (χ3v) is 2.61. The summed E-state index contributed by atoms with van der Waals surface area (Å²) < 4.78 is 31.3. The van der Waals surface area contributed by atoms with Crippen LogP contribution in [0.3, 0.4) is 0 Å². The van der Waals surface area contributed by atoms with Gasteiger partial charge in [0, 0.05) is 5.57 Å². The van der Waals surface area contributed by atoms with Gasteiger partial charge in [0.1, 0.15) is 0 Å². The van der Waals surface area contributed by atoms with E-state index in [9.17, 15) is 13.6 Å². The van der Waals surface area contributed by atoms with Crippen molar-refractivity contribution in [3.63, 3.8) is 0 Å². The monoisotopic (exact) mass is 218 g/mol. The quantitative estimate of drug-likeness (QED) is 0.537. The maximum Gasteiger partial charge on any atom is 0.381 e. The number of alkyl halides is 2. The molecule has 0 radical (unpaired) electrons. The summed E-state index contributed by atoms with van der Waals surface area (Å²) in [6.07, 6.45) is 3.09. The highest BCUT2D eigenvalue weighted by Gasteiger charge is 2.44. The molecule has 0 N–H and O–H groups in total. The number of hydrogen-bond donors (Lipinski definition) is 0. The van der Waals surface area contributed by atoms with Gasteiger partial charge in [-0.25, -0.2) is 4.79 Å². The minimum absolute atomic E-state index is 0.0158. The van der Waals surface area contributed by atoms with Crippen LogP contribution in [-0.2, 0) is 9.53 Å². The Morgan fingerprint density at radius 1 is 1.67 bits per heavy atom. The summed E-state index contributed by atoms with van der Waals surface area (Å²) in [7, 11) is 0. The molecule has 1 aliphatic carbocycles. The van der Waals surface area contributed by atoms with E-state index in [-0.39, 0.29) is 18.6 Å². The van der Waals surface area contributed by atoms with E-state index >= 15 is 0 Å². The van der Waals surface area contributed by atoms with Crippen molar-refractivity contribution in [3.05, 3.63) is 11.6 Å². The second kappa shape index (κ2) is 4.73. The van der Waals surface area contributed by atoms with E-state index in [1.165, 1.54) is 13.0 Å². The van der Waals surface area contributed by atoms with Gasteiger partial charge >= 0.3 is 11.9 Å². The summed E-state index contributed by atoms with van der Waals surface area (Å²) in [5.74, 6) is -4.44. The van der Waals surface area contributed by atoms with Crippen LogP contribution in [0.2, 0.25) is 0 Å². The van der Waals surface area contributed by atoms with E-state index < -0.39 is 11.9 Å². The Hall–Kier alpha value is -0.930. The number of allylic oxidation sites excluding steroid dienone is 1. The molecule has 15 heavy (non-hydrogen) atoms. The lowest BCUT2D eigenvalue weighted by molar-refractivity contribution is -0.166. The lowest BCUT2D eigenvalue weighted by Gasteiger charge is -2.23. The molecule has 1 atom stereocenters. The van der Waals surface area contributed by atoms with Gasteiger partial charge in [-0.3, -0.25) is 0 Å². The average Bonchev–Trinajstić information content (AvgIpc) is 2.18. The Kier molecular flexibility index (Phi) is 3.83. The van der Waals surface area contributed by atoms with Crippen LogP contribution in [0.1, 0.15) is 33.1 Å². The number of halogens is 2. The highest BCUT2D eigenvalue weighted by atomic mass is 19.3. The van der Waals surface area contributed by atoms with Gasteiger partial charge < -0.3 is 4.74 Å². The van der Waals surface area contributed by atoms with E-state index in [1.54, 1.807) is 0 Å². The number of carbonyl (C=O) groups excluding carboxylic acids is 1. The van der Waals surface area contributed by atoms with Gasteiger partial charge in [0.2, 0.25) is 0 Å². The average molecular weight is 218 g/mol. The molecular formula is C11H16F2O2. The molecule has 1 rings (SSSR count). The summed E-state index contributed by atoms with van der Waals surface area (Å²) >= 11 is 0. The zero-order valence-corrected chi connectivity index (χ0v) is 9.06. The molecule has 2 nitrogen and oxygen atoms in total. The fourth-order valence-electron chi connectivity index (χ4n) is 1.60. The van der Waals surface area contributed by atoms with E-state index in [2.05, 4.69) is 4.74 Å². The predicted molar refractivity (Wildman–Crippen MR) is 52.7 cm³/mol. The van der Waals surface area contributed by atoms with E-state index in [4.69, 9.17) is 0 Å². The fraction of sp³-hybridized carbons (Fsp3) is 0.727. The summed E-state index contributed by atoms with van der Waals surface area (Å²) in [5.41, 5.74) is -0.0842. The Morgan fingerprint density at radius 3 is 2.80 bits per heavy atom. The molecule has 0 fully saturated rings. The van der Waals surface area contributed by atoms with Crippen molar-refractivity contribution in [1.82, 2.24) is 0 Å². The molecule has 1 unspecified atom stereocenters.